The number of nitrogens with one attached hydrogen (secondary N) is 1. The van der Waals surface area contributed by atoms with E-state index in [1.807, 2.05) is 26.8 Å². The Morgan fingerprint density at radius 2 is 2.14 bits per heavy atom. The fourth-order valence-corrected chi connectivity index (χ4v) is 3.09. The van der Waals surface area contributed by atoms with Crippen molar-refractivity contribution in [3.8, 4) is 6.07 Å². The monoisotopic (exact) mass is 370 g/mol. The molecule has 0 radical (unpaired) electrons. The quantitative estimate of drug-likeness (QED) is 0.432. The van der Waals surface area contributed by atoms with Gasteiger partial charge in [-0.25, -0.2) is 0 Å². The molecule has 0 amide bonds. The highest BCUT2D eigenvalue weighted by Gasteiger charge is 2.23. The van der Waals surface area contributed by atoms with E-state index in [0.29, 0.717) is 18.1 Å². The molecule has 21 heavy (non-hydrogen) atoms. The minimum absolute atomic E-state index is 0.176. The van der Waals surface area contributed by atoms with Crippen LogP contribution in [0.5, 0.6) is 0 Å². The van der Waals surface area contributed by atoms with Gasteiger partial charge in [0.1, 0.15) is 0 Å². The third-order valence-corrected chi connectivity index (χ3v) is 4.91. The molecule has 0 spiro atoms. The van der Waals surface area contributed by atoms with Gasteiger partial charge in [-0.15, -0.1) is 11.6 Å². The van der Waals surface area contributed by atoms with Gasteiger partial charge >= 0.3 is 0 Å². The van der Waals surface area contributed by atoms with Crippen LogP contribution in [-0.4, -0.2) is 18.4 Å². The fraction of sp³-hybridized carbons (Fsp3) is 0.500. The van der Waals surface area contributed by atoms with E-state index < -0.39 is 0 Å². The molecule has 114 valence electrons. The Morgan fingerprint density at radius 3 is 2.67 bits per heavy atom. The minimum atomic E-state index is -0.176. The molecule has 0 aliphatic heterocycles. The average Bonchev–Trinajstić information content (AvgIpc) is 2.47. The fourth-order valence-electron chi connectivity index (χ4n) is 2.25. The first kappa shape index (κ1) is 18.0. The average molecular weight is 372 g/mol. The van der Waals surface area contributed by atoms with E-state index >= 15 is 0 Å². The molecule has 0 aliphatic rings. The van der Waals surface area contributed by atoms with Gasteiger partial charge in [0.25, 0.3) is 0 Å². The molecule has 0 aromatic heterocycles. The Morgan fingerprint density at radius 1 is 1.48 bits per heavy atom. The van der Waals surface area contributed by atoms with Crippen molar-refractivity contribution in [3.05, 3.63) is 32.8 Å². The Bertz CT molecular complexity index is 566. The number of rotatable bonds is 6. The number of halogens is 2. The van der Waals surface area contributed by atoms with Crippen molar-refractivity contribution < 1.29 is 4.74 Å². The molecule has 0 saturated heterocycles. The summed E-state index contributed by atoms with van der Waals surface area (Å²) < 4.78 is 6.34. The van der Waals surface area contributed by atoms with Crippen molar-refractivity contribution >= 4 is 33.4 Å². The maximum Gasteiger partial charge on any atom is 0.188 e. The molecule has 1 rings (SSSR count). The summed E-state index contributed by atoms with van der Waals surface area (Å²) in [6.45, 7) is 6.24. The lowest BCUT2D eigenvalue weighted by molar-refractivity contribution is 0.305. The lowest BCUT2D eigenvalue weighted by Crippen LogP contribution is -2.17. The molecule has 1 N–H and O–H groups in total. The van der Waals surface area contributed by atoms with Crippen LogP contribution in [0.25, 0.3) is 0 Å². The number of hydrogen-bond acceptors (Lipinski definition) is 3. The van der Waals surface area contributed by atoms with Crippen molar-refractivity contribution in [2.45, 2.75) is 39.5 Å². The number of nitrogens with zero attached hydrogens (tertiary/aromatic N) is 1. The molecule has 1 unspecified atom stereocenters. The summed E-state index contributed by atoms with van der Waals surface area (Å²) >= 11 is 9.41. The zero-order valence-electron chi connectivity index (χ0n) is 12.6. The first-order valence-electron chi connectivity index (χ1n) is 6.94. The van der Waals surface area contributed by atoms with E-state index in [-0.39, 0.29) is 11.8 Å². The molecule has 0 aliphatic carbocycles. The summed E-state index contributed by atoms with van der Waals surface area (Å²) in [5, 5.41) is 17.4. The molecule has 0 saturated carbocycles. The molecule has 0 heterocycles. The van der Waals surface area contributed by atoms with Crippen molar-refractivity contribution in [1.82, 2.24) is 0 Å². The predicted molar refractivity (Wildman–Crippen MR) is 90.4 cm³/mol. The summed E-state index contributed by atoms with van der Waals surface area (Å²) in [4.78, 5) is 0. The van der Waals surface area contributed by atoms with Crippen LogP contribution in [0.3, 0.4) is 0 Å². The van der Waals surface area contributed by atoms with Crippen molar-refractivity contribution in [2.24, 2.45) is 0 Å². The van der Waals surface area contributed by atoms with Crippen LogP contribution >= 0.6 is 27.5 Å². The zero-order chi connectivity index (χ0) is 16.0. The second-order valence-corrected chi connectivity index (χ2v) is 6.04. The summed E-state index contributed by atoms with van der Waals surface area (Å²) in [7, 11) is 0. The first-order chi connectivity index (χ1) is 9.97. The number of benzene rings is 1. The lowest BCUT2D eigenvalue weighted by atomic mass is 9.89. The zero-order valence-corrected chi connectivity index (χ0v) is 14.9. The van der Waals surface area contributed by atoms with Crippen LogP contribution in [0.4, 0.5) is 0 Å². The van der Waals surface area contributed by atoms with Crippen molar-refractivity contribution in [3.63, 3.8) is 0 Å². The van der Waals surface area contributed by atoms with Gasteiger partial charge in [0.2, 0.25) is 0 Å². The summed E-state index contributed by atoms with van der Waals surface area (Å²) in [5.41, 5.74) is 3.57. The predicted octanol–water partition coefficient (Wildman–Crippen LogP) is 5.05. The van der Waals surface area contributed by atoms with Crippen molar-refractivity contribution in [1.29, 1.82) is 10.7 Å². The van der Waals surface area contributed by atoms with Crippen LogP contribution in [0.15, 0.2) is 10.5 Å². The molecular formula is C16H20BrClN2O. The Labute approximate surface area is 139 Å². The van der Waals surface area contributed by atoms with Crippen LogP contribution < -0.4 is 0 Å². The Kier molecular flexibility index (Phi) is 7.21. The highest BCUT2D eigenvalue weighted by Crippen LogP contribution is 2.35. The molecule has 1 aromatic carbocycles. The van der Waals surface area contributed by atoms with Gasteiger partial charge in [0.15, 0.2) is 5.90 Å². The Balaban J connectivity index is 3.33. The van der Waals surface area contributed by atoms with E-state index in [0.717, 1.165) is 34.0 Å². The summed E-state index contributed by atoms with van der Waals surface area (Å²) in [6, 6.07) is 4.09. The van der Waals surface area contributed by atoms with Gasteiger partial charge < -0.3 is 4.74 Å². The van der Waals surface area contributed by atoms with Gasteiger partial charge in [0.05, 0.1) is 24.2 Å². The van der Waals surface area contributed by atoms with Gasteiger partial charge in [-0.2, -0.15) is 5.26 Å². The highest BCUT2D eigenvalue weighted by molar-refractivity contribution is 9.10. The Hall–Kier alpha value is -1.05. The molecule has 3 nitrogen and oxygen atoms in total. The van der Waals surface area contributed by atoms with Gasteiger partial charge in [-0.05, 0) is 56.4 Å². The van der Waals surface area contributed by atoms with Gasteiger partial charge in [-0.1, -0.05) is 15.9 Å². The standard InChI is InChI=1S/C16H20BrClN2O/c1-4-21-16(20)13(6-5-7-18)14-8-12(9-19)10(2)11(3)15(14)17/h8,13,20H,4-7H2,1-3H3. The van der Waals surface area contributed by atoms with Gasteiger partial charge in [-0.3, -0.25) is 5.41 Å². The molecular weight excluding hydrogens is 352 g/mol. The van der Waals surface area contributed by atoms with Crippen LogP contribution in [0.2, 0.25) is 0 Å². The number of nitriles is 1. The van der Waals surface area contributed by atoms with E-state index in [4.69, 9.17) is 21.7 Å². The highest BCUT2D eigenvalue weighted by atomic mass is 79.9. The molecule has 1 aromatic rings. The maximum atomic E-state index is 9.29. The topological polar surface area (TPSA) is 56.9 Å². The third kappa shape index (κ3) is 4.21. The van der Waals surface area contributed by atoms with E-state index in [1.54, 1.807) is 0 Å². The molecule has 5 heteroatoms. The van der Waals surface area contributed by atoms with E-state index in [2.05, 4.69) is 22.0 Å². The summed E-state index contributed by atoms with van der Waals surface area (Å²) in [5.74, 6) is 0.601. The van der Waals surface area contributed by atoms with Crippen molar-refractivity contribution in [2.75, 3.05) is 12.5 Å². The minimum Gasteiger partial charge on any atom is -0.481 e. The number of hydrogen-bond donors (Lipinski definition) is 1. The van der Waals surface area contributed by atoms with Crippen LogP contribution in [-0.2, 0) is 4.74 Å². The number of ether oxygens (including phenoxy) is 1. The largest absolute Gasteiger partial charge is 0.481 e. The van der Waals surface area contributed by atoms with Gasteiger partial charge in [0, 0.05) is 10.4 Å². The normalized spacial score (nSPS) is 11.8. The third-order valence-electron chi connectivity index (χ3n) is 3.59. The summed E-state index contributed by atoms with van der Waals surface area (Å²) in [6.07, 6.45) is 1.53. The van der Waals surface area contributed by atoms with E-state index in [1.165, 1.54) is 0 Å². The smallest absolute Gasteiger partial charge is 0.188 e. The van der Waals surface area contributed by atoms with E-state index in [9.17, 15) is 5.26 Å². The molecule has 1 atom stereocenters. The SMILES string of the molecule is CCOC(=N)C(CCCCl)c1cc(C#N)c(C)c(C)c1Br. The number of alkyl halides is 1. The molecule has 0 bridgehead atoms. The second kappa shape index (κ2) is 8.41. The lowest BCUT2D eigenvalue weighted by Gasteiger charge is -2.21. The first-order valence-corrected chi connectivity index (χ1v) is 8.27. The molecule has 0 fully saturated rings. The second-order valence-electron chi connectivity index (χ2n) is 4.87. The maximum absolute atomic E-state index is 9.29. The van der Waals surface area contributed by atoms with Crippen LogP contribution in [0, 0.1) is 30.6 Å². The van der Waals surface area contributed by atoms with Crippen LogP contribution in [0.1, 0.15) is 47.9 Å².